The molecular weight excluding hydrogens is 524 g/mol. The molecule has 2 atom stereocenters. The first-order valence-electron chi connectivity index (χ1n) is 10.3. The van der Waals surface area contributed by atoms with Gasteiger partial charge in [0.2, 0.25) is 10.9 Å². The molecule has 2 unspecified atom stereocenters. The second-order valence-electron chi connectivity index (χ2n) is 7.49. The van der Waals surface area contributed by atoms with Crippen molar-refractivity contribution in [3.8, 4) is 11.5 Å². The number of fused-ring (bicyclic) bond motifs is 2. The van der Waals surface area contributed by atoms with Crippen LogP contribution in [0.5, 0.6) is 11.5 Å². The third-order valence-electron chi connectivity index (χ3n) is 5.12. The summed E-state index contributed by atoms with van der Waals surface area (Å²) >= 11 is -0.213. The molecule has 0 saturated carbocycles. The highest BCUT2D eigenvalue weighted by atomic mass is 32.2. The first-order chi connectivity index (χ1) is 16.6. The summed E-state index contributed by atoms with van der Waals surface area (Å²) in [6, 6.07) is 13.8. The lowest BCUT2D eigenvalue weighted by atomic mass is 10.1. The maximum Gasteiger partial charge on any atom is 0.435 e. The van der Waals surface area contributed by atoms with Gasteiger partial charge in [-0.15, -0.1) is 0 Å². The van der Waals surface area contributed by atoms with E-state index in [2.05, 4.69) is 8.37 Å². The Labute approximate surface area is 205 Å². The molecule has 0 spiro atoms. The van der Waals surface area contributed by atoms with E-state index in [4.69, 9.17) is 9.47 Å². The molecule has 2 aliphatic rings. The lowest BCUT2D eigenvalue weighted by molar-refractivity contribution is 0.198. The first kappa shape index (κ1) is 24.9. The van der Waals surface area contributed by atoms with Crippen molar-refractivity contribution < 1.29 is 44.3 Å². The SMILES string of the molecule is O=C(NS(=O)(=O)C1CCc2ccccc2O1)OSOC(=O)NS(=O)(=O)C1CCc2ccccc2O1. The van der Waals surface area contributed by atoms with Gasteiger partial charge >= 0.3 is 24.5 Å². The highest BCUT2D eigenvalue weighted by Gasteiger charge is 2.35. The van der Waals surface area contributed by atoms with Crippen LogP contribution >= 0.6 is 12.3 Å². The van der Waals surface area contributed by atoms with E-state index in [-0.39, 0.29) is 25.2 Å². The van der Waals surface area contributed by atoms with Crippen molar-refractivity contribution in [1.29, 1.82) is 0 Å². The molecule has 2 N–H and O–H groups in total. The number of hydrogen-bond donors (Lipinski definition) is 2. The van der Waals surface area contributed by atoms with Gasteiger partial charge in [0.25, 0.3) is 20.0 Å². The van der Waals surface area contributed by atoms with Crippen LogP contribution < -0.4 is 18.9 Å². The van der Waals surface area contributed by atoms with Crippen molar-refractivity contribution in [3.63, 3.8) is 0 Å². The summed E-state index contributed by atoms with van der Waals surface area (Å²) in [5.41, 5.74) is -0.974. The second kappa shape index (κ2) is 10.2. The smallest absolute Gasteiger partial charge is 0.435 e. The summed E-state index contributed by atoms with van der Waals surface area (Å²) in [6.45, 7) is 0. The molecule has 2 aliphatic heterocycles. The Morgan fingerprint density at radius 1 is 0.743 bits per heavy atom. The van der Waals surface area contributed by atoms with Crippen LogP contribution in [-0.4, -0.2) is 39.9 Å². The fourth-order valence-electron chi connectivity index (χ4n) is 3.51. The summed E-state index contributed by atoms with van der Waals surface area (Å²) in [5, 5.41) is 0. The van der Waals surface area contributed by atoms with E-state index >= 15 is 0 Å². The molecule has 0 aliphatic carbocycles. The summed E-state index contributed by atoms with van der Waals surface area (Å²) in [4.78, 5) is 23.7. The van der Waals surface area contributed by atoms with E-state index < -0.39 is 43.1 Å². The van der Waals surface area contributed by atoms with E-state index in [0.717, 1.165) is 11.1 Å². The van der Waals surface area contributed by atoms with Crippen LogP contribution in [0.4, 0.5) is 9.59 Å². The molecule has 0 bridgehead atoms. The van der Waals surface area contributed by atoms with Crippen LogP contribution in [0, 0.1) is 0 Å². The van der Waals surface area contributed by atoms with Gasteiger partial charge in [0, 0.05) is 12.8 Å². The molecule has 2 aromatic rings. The van der Waals surface area contributed by atoms with Gasteiger partial charge in [-0.3, -0.25) is 0 Å². The van der Waals surface area contributed by atoms with Crippen LogP contribution in [-0.2, 0) is 41.3 Å². The Balaban J connectivity index is 1.22. The average Bonchev–Trinajstić information content (AvgIpc) is 2.82. The minimum Gasteiger partial charge on any atom is -0.472 e. The van der Waals surface area contributed by atoms with Gasteiger partial charge in [-0.1, -0.05) is 36.4 Å². The molecule has 15 heteroatoms. The van der Waals surface area contributed by atoms with Crippen molar-refractivity contribution in [1.82, 2.24) is 9.44 Å². The number of rotatable bonds is 6. The van der Waals surface area contributed by atoms with E-state index in [1.54, 1.807) is 58.0 Å². The van der Waals surface area contributed by atoms with Crippen LogP contribution in [0.1, 0.15) is 24.0 Å². The third kappa shape index (κ3) is 6.10. The topological polar surface area (TPSA) is 163 Å². The molecule has 2 aromatic carbocycles. The van der Waals surface area contributed by atoms with Gasteiger partial charge in [-0.25, -0.2) is 35.9 Å². The normalized spacial score (nSPS) is 19.1. The molecule has 0 saturated heterocycles. The third-order valence-corrected chi connectivity index (χ3v) is 8.51. The van der Waals surface area contributed by atoms with Gasteiger partial charge in [0.1, 0.15) is 11.5 Å². The summed E-state index contributed by atoms with van der Waals surface area (Å²) in [6.07, 6.45) is -1.84. The van der Waals surface area contributed by atoms with Crippen LogP contribution in [0.25, 0.3) is 0 Å². The number of amides is 2. The number of ether oxygens (including phenoxy) is 2. The van der Waals surface area contributed by atoms with Crippen molar-refractivity contribution >= 4 is 44.6 Å². The molecule has 0 radical (unpaired) electrons. The summed E-state index contributed by atoms with van der Waals surface area (Å²) in [5.74, 6) is 0.784. The number of hydrogen-bond acceptors (Lipinski definition) is 11. The number of carbonyl (C=O) groups is 2. The Morgan fingerprint density at radius 2 is 1.14 bits per heavy atom. The quantitative estimate of drug-likeness (QED) is 0.513. The lowest BCUT2D eigenvalue weighted by Gasteiger charge is -2.25. The monoisotopic (exact) mass is 544 g/mol. The molecule has 2 amide bonds. The second-order valence-corrected chi connectivity index (χ2v) is 11.6. The summed E-state index contributed by atoms with van der Waals surface area (Å²) < 4.78 is 72.6. The zero-order chi connectivity index (χ0) is 25.1. The predicted molar refractivity (Wildman–Crippen MR) is 123 cm³/mol. The minimum atomic E-state index is -4.27. The molecule has 188 valence electrons. The number of nitrogens with one attached hydrogen (secondary N) is 2. The Bertz CT molecular complexity index is 1230. The lowest BCUT2D eigenvalue weighted by Crippen LogP contribution is -2.43. The zero-order valence-corrected chi connectivity index (χ0v) is 20.4. The molecule has 4 rings (SSSR count). The first-order valence-corrected chi connectivity index (χ1v) is 14.0. The Hall–Kier alpha value is -3.17. The van der Waals surface area contributed by atoms with Gasteiger partial charge in [-0.2, -0.15) is 0 Å². The van der Waals surface area contributed by atoms with Crippen LogP contribution in [0.15, 0.2) is 48.5 Å². The molecule has 35 heavy (non-hydrogen) atoms. The predicted octanol–water partition coefficient (Wildman–Crippen LogP) is 2.36. The fraction of sp³-hybridized carbons (Fsp3) is 0.300. The van der Waals surface area contributed by atoms with Gasteiger partial charge in [0.15, 0.2) is 0 Å². The van der Waals surface area contributed by atoms with E-state index in [9.17, 15) is 26.4 Å². The maximum absolute atomic E-state index is 12.4. The molecule has 2 heterocycles. The highest BCUT2D eigenvalue weighted by molar-refractivity contribution is 7.92. The number of sulfonamides is 2. The van der Waals surface area contributed by atoms with Gasteiger partial charge < -0.3 is 17.8 Å². The molecular formula is C20H20N2O10S3. The van der Waals surface area contributed by atoms with Gasteiger partial charge in [-0.05, 0) is 36.1 Å². The van der Waals surface area contributed by atoms with Crippen molar-refractivity contribution in [2.45, 2.75) is 36.6 Å². The fourth-order valence-corrected chi connectivity index (χ4v) is 5.99. The van der Waals surface area contributed by atoms with E-state index in [1.165, 1.54) is 0 Å². The molecule has 0 fully saturated rings. The Kier molecular flexibility index (Phi) is 7.28. The van der Waals surface area contributed by atoms with Crippen LogP contribution in [0.3, 0.4) is 0 Å². The Morgan fingerprint density at radius 3 is 1.57 bits per heavy atom. The number of benzene rings is 2. The van der Waals surface area contributed by atoms with E-state index in [0.29, 0.717) is 24.3 Å². The average molecular weight is 545 g/mol. The van der Waals surface area contributed by atoms with Crippen molar-refractivity contribution in [2.75, 3.05) is 0 Å². The van der Waals surface area contributed by atoms with Crippen molar-refractivity contribution in [3.05, 3.63) is 59.7 Å². The minimum absolute atomic E-state index is 0.108. The molecule has 12 nitrogen and oxygen atoms in total. The largest absolute Gasteiger partial charge is 0.472 e. The summed E-state index contributed by atoms with van der Waals surface area (Å²) in [7, 11) is -8.54. The number of para-hydroxylation sites is 2. The van der Waals surface area contributed by atoms with Gasteiger partial charge in [0.05, 0.1) is 0 Å². The molecule has 0 aromatic heterocycles. The number of carbonyl (C=O) groups excluding carboxylic acids is 2. The van der Waals surface area contributed by atoms with Crippen molar-refractivity contribution in [2.24, 2.45) is 0 Å². The zero-order valence-electron chi connectivity index (χ0n) is 17.9. The number of aryl methyl sites for hydroxylation is 2. The maximum atomic E-state index is 12.4. The standard InChI is InChI=1S/C20H20N2O10S3/c23-19(21-34(25,26)17-11-9-13-5-1-3-7-15(13)29-17)31-33-32-20(24)22-35(27,28)18-12-10-14-6-2-4-8-16(14)30-18/h1-8,17-18H,9-12H2,(H,21,23)(H,22,24). The van der Waals surface area contributed by atoms with Crippen LogP contribution in [0.2, 0.25) is 0 Å². The highest BCUT2D eigenvalue weighted by Crippen LogP contribution is 2.30. The van der Waals surface area contributed by atoms with E-state index in [1.807, 2.05) is 0 Å².